The van der Waals surface area contributed by atoms with Crippen LogP contribution in [0.3, 0.4) is 0 Å². The van der Waals surface area contributed by atoms with E-state index in [1.54, 1.807) is 18.2 Å². The Morgan fingerprint density at radius 2 is 1.68 bits per heavy atom. The number of aryl methyl sites for hydroxylation is 1. The molecule has 0 heterocycles. The lowest BCUT2D eigenvalue weighted by Gasteiger charge is -2.07. The van der Waals surface area contributed by atoms with Gasteiger partial charge in [0.1, 0.15) is 0 Å². The summed E-state index contributed by atoms with van der Waals surface area (Å²) in [6.07, 6.45) is 7.77. The normalized spacial score (nSPS) is 12.4. The van der Waals surface area contributed by atoms with E-state index in [1.165, 1.54) is 0 Å². The monoisotopic (exact) mass is 266 g/mol. The van der Waals surface area contributed by atoms with E-state index in [9.17, 15) is 13.2 Å². The van der Waals surface area contributed by atoms with Gasteiger partial charge in [-0.3, -0.25) is 0 Å². The maximum absolute atomic E-state index is 12.4. The molecule has 0 nitrogen and oxygen atoms in total. The second-order valence-corrected chi connectivity index (χ2v) is 4.14. The molecule has 0 amide bonds. The number of hydrogen-bond acceptors (Lipinski definition) is 0. The fourth-order valence-corrected chi connectivity index (χ4v) is 1.60. The van der Waals surface area contributed by atoms with Crippen LogP contribution in [0.4, 0.5) is 13.2 Å². The lowest BCUT2D eigenvalue weighted by atomic mass is 10.1. The minimum absolute atomic E-state index is 0.592. The van der Waals surface area contributed by atoms with Crippen molar-refractivity contribution in [1.82, 2.24) is 0 Å². The van der Waals surface area contributed by atoms with Crippen LogP contribution >= 0.6 is 0 Å². The van der Waals surface area contributed by atoms with Gasteiger partial charge in [0.05, 0.1) is 5.56 Å². The minimum Gasteiger partial charge on any atom is -0.166 e. The third-order valence-electron chi connectivity index (χ3n) is 2.61. The van der Waals surface area contributed by atoms with Gasteiger partial charge >= 0.3 is 6.18 Å². The number of hydrogen-bond donors (Lipinski definition) is 0. The number of rotatable bonds is 6. The Kier molecular flexibility index (Phi) is 6.13. The van der Waals surface area contributed by atoms with Crippen molar-refractivity contribution in [3.8, 4) is 0 Å². The zero-order valence-electron chi connectivity index (χ0n) is 10.7. The van der Waals surface area contributed by atoms with Crippen LogP contribution in [0, 0.1) is 0 Å². The number of unbranched alkanes of at least 4 members (excludes halogenated alkanes) is 1. The smallest absolute Gasteiger partial charge is 0.166 e. The van der Waals surface area contributed by atoms with Gasteiger partial charge in [0, 0.05) is 0 Å². The molecule has 1 aromatic carbocycles. The second kappa shape index (κ2) is 7.62. The zero-order valence-corrected chi connectivity index (χ0v) is 10.7. The molecule has 0 saturated heterocycles. The minimum atomic E-state index is -4.25. The predicted octanol–water partition coefficient (Wildman–Crippen LogP) is 5.33. The van der Waals surface area contributed by atoms with E-state index >= 15 is 0 Å². The van der Waals surface area contributed by atoms with Crippen LogP contribution in [0.25, 0.3) is 0 Å². The molecule has 1 aromatic rings. The summed E-state index contributed by atoms with van der Waals surface area (Å²) in [5.41, 5.74) is 0.341. The molecular formula is C16H17F3. The van der Waals surface area contributed by atoms with Crippen LogP contribution in [0.5, 0.6) is 0 Å². The van der Waals surface area contributed by atoms with Crippen molar-refractivity contribution in [2.75, 3.05) is 0 Å². The van der Waals surface area contributed by atoms with Crippen LogP contribution in [-0.4, -0.2) is 0 Å². The number of halogens is 3. The lowest BCUT2D eigenvalue weighted by molar-refractivity contribution is -0.137. The highest BCUT2D eigenvalue weighted by Gasteiger charge is 2.29. The van der Waals surface area contributed by atoms with Crippen molar-refractivity contribution in [3.63, 3.8) is 0 Å². The first-order valence-electron chi connectivity index (χ1n) is 6.14. The average Bonchev–Trinajstić information content (AvgIpc) is 2.37. The van der Waals surface area contributed by atoms with Gasteiger partial charge in [-0.25, -0.2) is 0 Å². The number of allylic oxidation sites excluding steroid dienone is 5. The van der Waals surface area contributed by atoms with Crippen molar-refractivity contribution in [2.45, 2.75) is 25.4 Å². The first-order chi connectivity index (χ1) is 9.04. The van der Waals surface area contributed by atoms with Gasteiger partial charge in [0.15, 0.2) is 0 Å². The molecule has 0 aliphatic carbocycles. The summed E-state index contributed by atoms with van der Waals surface area (Å²) in [4.78, 5) is 0. The molecule has 0 aliphatic rings. The molecule has 0 radical (unpaired) electrons. The fraction of sp³-hybridized carbons (Fsp3) is 0.250. The lowest BCUT2D eigenvalue weighted by Crippen LogP contribution is -2.04. The Hall–Kier alpha value is -1.77. The van der Waals surface area contributed by atoms with E-state index in [2.05, 4.69) is 6.58 Å². The molecule has 1 rings (SSSR count). The zero-order chi connectivity index (χ0) is 14.1. The largest absolute Gasteiger partial charge is 0.416 e. The molecule has 0 spiro atoms. The average molecular weight is 266 g/mol. The van der Waals surface area contributed by atoms with Gasteiger partial charge in [-0.05, 0) is 37.0 Å². The van der Waals surface area contributed by atoms with Gasteiger partial charge < -0.3 is 0 Å². The number of alkyl halides is 3. The highest BCUT2D eigenvalue weighted by Crippen LogP contribution is 2.29. The Morgan fingerprint density at radius 3 is 2.26 bits per heavy atom. The highest BCUT2D eigenvalue weighted by atomic mass is 19.4. The molecule has 0 unspecified atom stereocenters. The summed E-state index contributed by atoms with van der Waals surface area (Å²) in [7, 11) is 0. The van der Waals surface area contributed by atoms with Crippen molar-refractivity contribution in [3.05, 3.63) is 72.4 Å². The van der Waals surface area contributed by atoms with Crippen molar-refractivity contribution in [2.24, 2.45) is 0 Å². The topological polar surface area (TPSA) is 0 Å². The summed E-state index contributed by atoms with van der Waals surface area (Å²) in [5, 5.41) is 0. The molecule has 102 valence electrons. The summed E-state index contributed by atoms with van der Waals surface area (Å²) >= 11 is 0. The SMILES string of the molecule is C=CC=CC=CCCCc1ccc(C(F)(F)F)cc1. The van der Waals surface area contributed by atoms with E-state index in [4.69, 9.17) is 0 Å². The molecule has 0 aliphatic heterocycles. The molecule has 0 saturated carbocycles. The molecule has 0 N–H and O–H groups in total. The summed E-state index contributed by atoms with van der Waals surface area (Å²) in [6, 6.07) is 5.37. The van der Waals surface area contributed by atoms with Crippen molar-refractivity contribution in [1.29, 1.82) is 0 Å². The van der Waals surface area contributed by atoms with Gasteiger partial charge in [0.2, 0.25) is 0 Å². The number of benzene rings is 1. The third kappa shape index (κ3) is 6.09. The first-order valence-corrected chi connectivity index (χ1v) is 6.14. The molecule has 3 heteroatoms. The standard InChI is InChI=1S/C16H17F3/c1-2-3-4-5-6-7-8-9-14-10-12-15(13-11-14)16(17,18)19/h2-6,10-13H,1,7-9H2. The van der Waals surface area contributed by atoms with E-state index < -0.39 is 11.7 Å². The first kappa shape index (κ1) is 15.3. The van der Waals surface area contributed by atoms with Crippen LogP contribution in [0.2, 0.25) is 0 Å². The summed E-state index contributed by atoms with van der Waals surface area (Å²) < 4.78 is 37.1. The molecular weight excluding hydrogens is 249 g/mol. The maximum atomic E-state index is 12.4. The Labute approximate surface area is 112 Å². The predicted molar refractivity (Wildman–Crippen MR) is 72.9 cm³/mol. The van der Waals surface area contributed by atoms with Crippen molar-refractivity contribution < 1.29 is 13.2 Å². The van der Waals surface area contributed by atoms with Gasteiger partial charge in [-0.1, -0.05) is 49.1 Å². The molecule has 0 aromatic heterocycles. The van der Waals surface area contributed by atoms with E-state index in [-0.39, 0.29) is 0 Å². The van der Waals surface area contributed by atoms with Crippen LogP contribution in [-0.2, 0) is 12.6 Å². The highest BCUT2D eigenvalue weighted by molar-refractivity contribution is 5.24. The van der Waals surface area contributed by atoms with E-state index in [0.29, 0.717) is 0 Å². The maximum Gasteiger partial charge on any atom is 0.416 e. The van der Waals surface area contributed by atoms with Gasteiger partial charge in [-0.2, -0.15) is 13.2 Å². The third-order valence-corrected chi connectivity index (χ3v) is 2.61. The van der Waals surface area contributed by atoms with Crippen LogP contribution < -0.4 is 0 Å². The Morgan fingerprint density at radius 1 is 1.00 bits per heavy atom. The Bertz CT molecular complexity index is 436. The van der Waals surface area contributed by atoms with E-state index in [0.717, 1.165) is 37.0 Å². The van der Waals surface area contributed by atoms with E-state index in [1.807, 2.05) is 24.3 Å². The van der Waals surface area contributed by atoms with Crippen LogP contribution in [0.1, 0.15) is 24.0 Å². The second-order valence-electron chi connectivity index (χ2n) is 4.14. The Balaban J connectivity index is 2.36. The summed E-state index contributed by atoms with van der Waals surface area (Å²) in [6.45, 7) is 3.56. The molecule has 0 fully saturated rings. The van der Waals surface area contributed by atoms with Crippen molar-refractivity contribution >= 4 is 0 Å². The summed E-state index contributed by atoms with van der Waals surface area (Å²) in [5.74, 6) is 0. The van der Waals surface area contributed by atoms with Crippen LogP contribution in [0.15, 0.2) is 61.2 Å². The molecule has 0 bridgehead atoms. The quantitative estimate of drug-likeness (QED) is 0.482. The molecule has 19 heavy (non-hydrogen) atoms. The molecule has 0 atom stereocenters. The van der Waals surface area contributed by atoms with Gasteiger partial charge in [-0.15, -0.1) is 0 Å². The fourth-order valence-electron chi connectivity index (χ4n) is 1.60. The van der Waals surface area contributed by atoms with Gasteiger partial charge in [0.25, 0.3) is 0 Å².